The molecular weight excluding hydrogens is 619 g/mol. The summed E-state index contributed by atoms with van der Waals surface area (Å²) in [7, 11) is 0. The molecule has 3 aliphatic rings. The van der Waals surface area contributed by atoms with E-state index in [1.165, 1.54) is 0 Å². The van der Waals surface area contributed by atoms with Gasteiger partial charge in [-0.15, -0.1) is 0 Å². The number of benzene rings is 6. The van der Waals surface area contributed by atoms with E-state index in [1.54, 1.807) is 18.6 Å². The Hall–Kier alpha value is -6.27. The summed E-state index contributed by atoms with van der Waals surface area (Å²) >= 11 is 0. The molecule has 0 radical (unpaired) electrons. The predicted molar refractivity (Wildman–Crippen MR) is 202 cm³/mol. The minimum absolute atomic E-state index is 0.0703. The molecule has 244 valence electrons. The average molecular weight is 654 g/mol. The van der Waals surface area contributed by atoms with Gasteiger partial charge in [0.05, 0.1) is 17.1 Å². The number of hydrogen-bond acceptors (Lipinski definition) is 6. The van der Waals surface area contributed by atoms with E-state index in [-0.39, 0.29) is 23.2 Å². The molecule has 0 amide bonds. The van der Waals surface area contributed by atoms with Crippen LogP contribution in [0.3, 0.4) is 0 Å². The minimum Gasteiger partial charge on any atom is -0.507 e. The average Bonchev–Trinajstić information content (AvgIpc) is 3.12. The van der Waals surface area contributed by atoms with Crippen molar-refractivity contribution < 1.29 is 15.3 Å². The van der Waals surface area contributed by atoms with Crippen molar-refractivity contribution in [2.24, 2.45) is 15.0 Å². The van der Waals surface area contributed by atoms with Crippen molar-refractivity contribution in [2.75, 3.05) is 0 Å². The number of rotatable bonds is 6. The van der Waals surface area contributed by atoms with E-state index in [9.17, 15) is 15.3 Å². The van der Waals surface area contributed by atoms with Gasteiger partial charge in [-0.2, -0.15) is 0 Å². The zero-order valence-corrected chi connectivity index (χ0v) is 28.0. The summed E-state index contributed by atoms with van der Waals surface area (Å²) < 4.78 is 0. The highest BCUT2D eigenvalue weighted by atomic mass is 16.3. The molecule has 6 heteroatoms. The van der Waals surface area contributed by atoms with Gasteiger partial charge < -0.3 is 15.3 Å². The van der Waals surface area contributed by atoms with Crippen LogP contribution in [0.4, 0.5) is 17.1 Å². The van der Waals surface area contributed by atoms with Crippen LogP contribution in [-0.4, -0.2) is 34.0 Å². The van der Waals surface area contributed by atoms with Gasteiger partial charge in [0.1, 0.15) is 17.2 Å². The summed E-state index contributed by atoms with van der Waals surface area (Å²) in [5, 5.41) is 36.0. The van der Waals surface area contributed by atoms with Gasteiger partial charge in [0.2, 0.25) is 0 Å². The first-order valence-corrected chi connectivity index (χ1v) is 16.7. The van der Waals surface area contributed by atoms with Gasteiger partial charge >= 0.3 is 0 Å². The van der Waals surface area contributed by atoms with Crippen molar-refractivity contribution in [3.05, 3.63) is 176 Å². The second-order valence-corrected chi connectivity index (χ2v) is 13.2. The number of hydrogen-bond donors (Lipinski definition) is 3. The first-order valence-electron chi connectivity index (χ1n) is 16.7. The topological polar surface area (TPSA) is 97.8 Å². The van der Waals surface area contributed by atoms with Gasteiger partial charge in [-0.05, 0) is 92.1 Å². The van der Waals surface area contributed by atoms with E-state index in [2.05, 4.69) is 15.0 Å². The van der Waals surface area contributed by atoms with Crippen LogP contribution in [0.2, 0.25) is 0 Å². The van der Waals surface area contributed by atoms with Gasteiger partial charge in [-0.1, -0.05) is 71.3 Å². The van der Waals surface area contributed by atoms with Crippen molar-refractivity contribution >= 4 is 35.7 Å². The number of aromatic hydroxyl groups is 3. The highest BCUT2D eigenvalue weighted by molar-refractivity contribution is 5.92. The van der Waals surface area contributed by atoms with Gasteiger partial charge in [-0.25, -0.2) is 0 Å². The summed E-state index contributed by atoms with van der Waals surface area (Å²) in [4.78, 5) is 13.9. The smallest absolute Gasteiger partial charge is 0.128 e. The molecule has 0 atom stereocenters. The van der Waals surface area contributed by atoms with E-state index in [0.717, 1.165) is 50.4 Å². The van der Waals surface area contributed by atoms with Crippen LogP contribution in [0.5, 0.6) is 17.2 Å². The largest absolute Gasteiger partial charge is 0.507 e. The molecule has 0 fully saturated rings. The van der Waals surface area contributed by atoms with Crippen LogP contribution in [0.25, 0.3) is 0 Å². The van der Waals surface area contributed by atoms with Crippen LogP contribution in [0.15, 0.2) is 124 Å². The summed E-state index contributed by atoms with van der Waals surface area (Å²) in [6, 6.07) is 35.3. The number of phenolic OH excluding ortho intramolecular Hbond substituents is 3. The molecule has 6 nitrogen and oxygen atoms in total. The first kappa shape index (κ1) is 31.0. The molecule has 0 saturated heterocycles. The number of nitrogens with zero attached hydrogens (tertiary/aromatic N) is 3. The molecule has 50 heavy (non-hydrogen) atoms. The zero-order chi connectivity index (χ0) is 34.5. The Morgan fingerprint density at radius 3 is 0.940 bits per heavy atom. The van der Waals surface area contributed by atoms with Gasteiger partial charge in [0.25, 0.3) is 0 Å². The van der Waals surface area contributed by atoms with Crippen LogP contribution in [0.1, 0.15) is 78.6 Å². The predicted octanol–water partition coefficient (Wildman–Crippen LogP) is 9.97. The number of aryl methyl sites for hydroxylation is 3. The van der Waals surface area contributed by atoms with Crippen LogP contribution >= 0.6 is 0 Å². The Morgan fingerprint density at radius 1 is 0.380 bits per heavy atom. The van der Waals surface area contributed by atoms with Gasteiger partial charge in [0, 0.05) is 63.9 Å². The monoisotopic (exact) mass is 653 g/mol. The van der Waals surface area contributed by atoms with Crippen molar-refractivity contribution in [1.82, 2.24) is 0 Å². The highest BCUT2D eigenvalue weighted by Crippen LogP contribution is 2.62. The molecule has 6 aromatic carbocycles. The quantitative estimate of drug-likeness (QED) is 0.156. The summed E-state index contributed by atoms with van der Waals surface area (Å²) in [6.45, 7) is 6.08. The van der Waals surface area contributed by atoms with E-state index in [1.807, 2.05) is 130 Å². The van der Waals surface area contributed by atoms with Crippen molar-refractivity contribution in [2.45, 2.75) is 32.6 Å². The van der Waals surface area contributed by atoms with E-state index in [4.69, 9.17) is 0 Å². The van der Waals surface area contributed by atoms with Gasteiger partial charge in [-0.3, -0.25) is 15.0 Å². The van der Waals surface area contributed by atoms with Gasteiger partial charge in [0.15, 0.2) is 0 Å². The highest BCUT2D eigenvalue weighted by Gasteiger charge is 2.46. The standard InChI is InChI=1S/C44H35N3O3/c1-25-4-13-31(14-5-25)45-22-28-10-19-34-37-35-20-11-29(23-46-32-15-6-26(2)7-16-32)43(49)39(35)41(38(34)42(28)48)40-36(37)21-12-30(44(40)50)24-47-33-17-8-27(3)9-18-33/h4-24,37,41,48-50H,1-3H3. The normalized spacial score (nSPS) is 15.9. The van der Waals surface area contributed by atoms with E-state index >= 15 is 0 Å². The lowest BCUT2D eigenvalue weighted by atomic mass is 9.59. The SMILES string of the molecule is Cc1ccc(N=Cc2ccc3c(c2O)C2c4c(ccc(C=Nc5ccc(C)cc5)c4O)C3c3ccc(C=Nc4ccc(C)cc4)c(O)c32)cc1. The Labute approximate surface area is 291 Å². The molecule has 3 aliphatic carbocycles. The van der Waals surface area contributed by atoms with Crippen LogP contribution in [-0.2, 0) is 0 Å². The molecule has 0 aromatic heterocycles. The lowest BCUT2D eigenvalue weighted by molar-refractivity contribution is 0.439. The fourth-order valence-corrected chi connectivity index (χ4v) is 7.16. The molecule has 3 N–H and O–H groups in total. The second kappa shape index (κ2) is 12.3. The molecule has 9 rings (SSSR count). The molecule has 0 aliphatic heterocycles. The minimum atomic E-state index is -0.659. The second-order valence-electron chi connectivity index (χ2n) is 13.2. The fraction of sp³-hybridized carbons (Fsp3) is 0.114. The molecule has 0 heterocycles. The maximum Gasteiger partial charge on any atom is 0.128 e. The summed E-state index contributed by atoms with van der Waals surface area (Å²) in [6.07, 6.45) is 5.00. The molecule has 0 spiro atoms. The first-order chi connectivity index (χ1) is 24.3. The van der Waals surface area contributed by atoms with Crippen molar-refractivity contribution in [3.63, 3.8) is 0 Å². The maximum atomic E-state index is 12.0. The maximum absolute atomic E-state index is 12.0. The fourth-order valence-electron chi connectivity index (χ4n) is 7.16. The molecular formula is C44H35N3O3. The zero-order valence-electron chi connectivity index (χ0n) is 28.0. The summed E-state index contributed by atoms with van der Waals surface area (Å²) in [5.41, 5.74) is 12.1. The number of phenols is 3. The van der Waals surface area contributed by atoms with Crippen molar-refractivity contribution in [3.8, 4) is 17.2 Å². The molecule has 6 aromatic rings. The third kappa shape index (κ3) is 5.35. The van der Waals surface area contributed by atoms with Crippen molar-refractivity contribution in [1.29, 1.82) is 0 Å². The lowest BCUT2D eigenvalue weighted by Crippen LogP contribution is -2.28. The lowest BCUT2D eigenvalue weighted by Gasteiger charge is -2.43. The van der Waals surface area contributed by atoms with E-state index < -0.39 is 5.92 Å². The van der Waals surface area contributed by atoms with Crippen LogP contribution in [0, 0.1) is 20.8 Å². The van der Waals surface area contributed by atoms with E-state index in [0.29, 0.717) is 33.4 Å². The number of aliphatic imine (C=N–C) groups is 3. The molecule has 0 unspecified atom stereocenters. The Kier molecular flexibility index (Phi) is 7.64. The summed E-state index contributed by atoms with van der Waals surface area (Å²) in [5.74, 6) is -0.770. The van der Waals surface area contributed by atoms with Crippen LogP contribution < -0.4 is 0 Å². The molecule has 0 saturated carbocycles. The Morgan fingerprint density at radius 2 is 0.660 bits per heavy atom. The molecule has 2 bridgehead atoms. The third-order valence-electron chi connectivity index (χ3n) is 9.81. The third-order valence-corrected chi connectivity index (χ3v) is 9.81. The Bertz CT molecular complexity index is 2100. The Balaban J connectivity index is 1.28.